The molecule has 0 fully saturated rings. The molecule has 10 nitrogen and oxygen atoms in total. The number of hydrogen-bond donors (Lipinski definition) is 0. The van der Waals surface area contributed by atoms with E-state index in [-0.39, 0.29) is 13.4 Å². The van der Waals surface area contributed by atoms with Crippen LogP contribution in [0, 0.1) is 6.92 Å². The summed E-state index contributed by atoms with van der Waals surface area (Å²) in [5.41, 5.74) is 1.15. The third kappa shape index (κ3) is 12.3. The van der Waals surface area contributed by atoms with Crippen molar-refractivity contribution >= 4 is 11.9 Å². The van der Waals surface area contributed by atoms with Gasteiger partial charge in [-0.25, -0.2) is 19.4 Å². The van der Waals surface area contributed by atoms with E-state index < -0.39 is 11.9 Å². The van der Waals surface area contributed by atoms with Gasteiger partial charge in [0, 0.05) is 18.9 Å². The number of aryl methyl sites for hydroxylation is 1. The molecule has 0 heterocycles. The van der Waals surface area contributed by atoms with Gasteiger partial charge in [-0.1, -0.05) is 12.7 Å². The van der Waals surface area contributed by atoms with E-state index in [0.717, 1.165) is 11.6 Å². The van der Waals surface area contributed by atoms with Gasteiger partial charge >= 0.3 is 11.9 Å². The maximum Gasteiger partial charge on any atom is 0.343 e. The Balaban J connectivity index is 1.36. The van der Waals surface area contributed by atoms with Crippen LogP contribution in [0.5, 0.6) is 28.7 Å². The molecule has 0 unspecified atom stereocenters. The zero-order valence-corrected chi connectivity index (χ0v) is 24.2. The van der Waals surface area contributed by atoms with Crippen LogP contribution in [0.3, 0.4) is 0 Å². The van der Waals surface area contributed by atoms with E-state index in [1.54, 1.807) is 60.7 Å². The second-order valence-electron chi connectivity index (χ2n) is 8.89. The van der Waals surface area contributed by atoms with Crippen molar-refractivity contribution in [1.29, 1.82) is 0 Å². The molecular formula is C33H36O10. The van der Waals surface area contributed by atoms with E-state index in [2.05, 4.69) is 13.2 Å². The van der Waals surface area contributed by atoms with Crippen LogP contribution in [0.1, 0.15) is 28.8 Å². The number of carbonyl (C=O) groups excluding carboxylic acids is 2. The van der Waals surface area contributed by atoms with Gasteiger partial charge < -0.3 is 28.4 Å². The van der Waals surface area contributed by atoms with Gasteiger partial charge in [0.1, 0.15) is 35.4 Å². The third-order valence-electron chi connectivity index (χ3n) is 5.59. The van der Waals surface area contributed by atoms with Crippen molar-refractivity contribution < 1.29 is 47.8 Å². The van der Waals surface area contributed by atoms with Gasteiger partial charge in [-0.05, 0) is 79.2 Å². The first-order chi connectivity index (χ1) is 21.0. The van der Waals surface area contributed by atoms with Gasteiger partial charge in [0.05, 0.1) is 32.0 Å². The molecular weight excluding hydrogens is 556 g/mol. The Morgan fingerprint density at radius 3 is 1.93 bits per heavy atom. The van der Waals surface area contributed by atoms with Crippen molar-refractivity contribution in [3.05, 3.63) is 103 Å². The third-order valence-corrected chi connectivity index (χ3v) is 5.59. The number of benzene rings is 3. The SMILES string of the molecule is C=CCOOCCCOc1ccc(OCOc2ccc(OC(=O)c3ccc(OCCCOC(=O)C=C)cc3)cc2C)cc1. The Labute approximate surface area is 251 Å². The minimum Gasteiger partial charge on any atom is -0.494 e. The minimum absolute atomic E-state index is 0.00336. The Morgan fingerprint density at radius 1 is 0.698 bits per heavy atom. The maximum atomic E-state index is 12.6. The molecule has 0 atom stereocenters. The summed E-state index contributed by atoms with van der Waals surface area (Å²) in [5, 5.41) is 0. The average molecular weight is 593 g/mol. The van der Waals surface area contributed by atoms with Gasteiger partial charge in [-0.3, -0.25) is 0 Å². The molecule has 0 radical (unpaired) electrons. The van der Waals surface area contributed by atoms with Crippen LogP contribution in [-0.4, -0.2) is 51.8 Å². The molecule has 10 heteroatoms. The maximum absolute atomic E-state index is 12.6. The predicted molar refractivity (Wildman–Crippen MR) is 159 cm³/mol. The van der Waals surface area contributed by atoms with Crippen molar-refractivity contribution in [2.75, 3.05) is 39.8 Å². The second kappa shape index (κ2) is 18.6. The topological polar surface area (TPSA) is 108 Å². The molecule has 0 spiro atoms. The van der Waals surface area contributed by atoms with Crippen LogP contribution >= 0.6 is 0 Å². The molecule has 0 aliphatic heterocycles. The first kappa shape index (κ1) is 32.7. The second-order valence-corrected chi connectivity index (χ2v) is 8.89. The fraction of sp³-hybridized carbons (Fsp3) is 0.273. The van der Waals surface area contributed by atoms with Crippen molar-refractivity contribution in [2.45, 2.75) is 19.8 Å². The van der Waals surface area contributed by atoms with E-state index in [1.807, 2.05) is 19.1 Å². The molecule has 0 aliphatic rings. The highest BCUT2D eigenvalue weighted by atomic mass is 17.2. The van der Waals surface area contributed by atoms with Crippen LogP contribution in [-0.2, 0) is 19.3 Å². The van der Waals surface area contributed by atoms with E-state index in [9.17, 15) is 9.59 Å². The van der Waals surface area contributed by atoms with E-state index in [0.29, 0.717) is 73.6 Å². The summed E-state index contributed by atoms with van der Waals surface area (Å²) in [4.78, 5) is 33.4. The standard InChI is InChI=1S/C33H36O10/c1-4-18-41-42-22-7-20-37-28-12-14-29(15-13-28)39-24-40-31-17-16-30(23-25(31)3)43-33(35)26-8-10-27(11-9-26)36-19-6-21-38-32(34)5-2/h4-5,8-17,23H,1-2,6-7,18-22,24H2,3H3. The minimum atomic E-state index is -0.502. The highest BCUT2D eigenvalue weighted by Gasteiger charge is 2.11. The van der Waals surface area contributed by atoms with Crippen LogP contribution in [0.15, 0.2) is 92.0 Å². The molecule has 228 valence electrons. The molecule has 0 saturated carbocycles. The summed E-state index contributed by atoms with van der Waals surface area (Å²) in [7, 11) is 0. The van der Waals surface area contributed by atoms with Crippen LogP contribution in [0.25, 0.3) is 0 Å². The fourth-order valence-corrected chi connectivity index (χ4v) is 3.44. The molecule has 43 heavy (non-hydrogen) atoms. The lowest BCUT2D eigenvalue weighted by Gasteiger charge is -2.12. The van der Waals surface area contributed by atoms with Gasteiger partial charge in [-0.2, -0.15) is 0 Å². The summed E-state index contributed by atoms with van der Waals surface area (Å²) >= 11 is 0. The van der Waals surface area contributed by atoms with Crippen molar-refractivity contribution in [3.63, 3.8) is 0 Å². The predicted octanol–water partition coefficient (Wildman–Crippen LogP) is 6.03. The van der Waals surface area contributed by atoms with Crippen LogP contribution in [0.4, 0.5) is 0 Å². The lowest BCUT2D eigenvalue weighted by Crippen LogP contribution is -2.10. The van der Waals surface area contributed by atoms with E-state index >= 15 is 0 Å². The lowest BCUT2D eigenvalue weighted by molar-refractivity contribution is -0.287. The van der Waals surface area contributed by atoms with E-state index in [1.165, 1.54) is 0 Å². The highest BCUT2D eigenvalue weighted by molar-refractivity contribution is 5.91. The number of rotatable bonds is 20. The summed E-state index contributed by atoms with van der Waals surface area (Å²) in [6.07, 6.45) is 3.94. The Morgan fingerprint density at radius 2 is 1.30 bits per heavy atom. The number of esters is 2. The zero-order valence-electron chi connectivity index (χ0n) is 24.2. The largest absolute Gasteiger partial charge is 0.494 e. The molecule has 3 rings (SSSR count). The summed E-state index contributed by atoms with van der Waals surface area (Å²) in [5.74, 6) is 1.94. The Hall–Kier alpha value is -4.80. The lowest BCUT2D eigenvalue weighted by atomic mass is 10.2. The van der Waals surface area contributed by atoms with E-state index in [4.69, 9.17) is 38.2 Å². The Kier molecular flexibility index (Phi) is 14.1. The molecule has 0 amide bonds. The summed E-state index contributed by atoms with van der Waals surface area (Å²) in [6, 6.07) is 18.9. The zero-order chi connectivity index (χ0) is 30.7. The van der Waals surface area contributed by atoms with Crippen LogP contribution < -0.4 is 23.7 Å². The summed E-state index contributed by atoms with van der Waals surface area (Å²) < 4.78 is 33.1. The van der Waals surface area contributed by atoms with Crippen molar-refractivity contribution in [2.24, 2.45) is 0 Å². The quantitative estimate of drug-likeness (QED) is 0.0226. The monoisotopic (exact) mass is 592 g/mol. The normalized spacial score (nSPS) is 10.3. The number of carbonyl (C=O) groups is 2. The summed E-state index contributed by atoms with van der Waals surface area (Å²) in [6.45, 7) is 10.6. The number of ether oxygens (including phenoxy) is 6. The van der Waals surface area contributed by atoms with Crippen molar-refractivity contribution in [3.8, 4) is 28.7 Å². The van der Waals surface area contributed by atoms with Gasteiger partial charge in [0.2, 0.25) is 6.79 Å². The molecule has 3 aromatic carbocycles. The molecule has 0 bridgehead atoms. The first-order valence-corrected chi connectivity index (χ1v) is 13.7. The average Bonchev–Trinajstić information content (AvgIpc) is 3.02. The first-order valence-electron chi connectivity index (χ1n) is 13.7. The van der Waals surface area contributed by atoms with Gasteiger partial charge in [0.25, 0.3) is 0 Å². The molecule has 0 saturated heterocycles. The van der Waals surface area contributed by atoms with Gasteiger partial charge in [-0.15, -0.1) is 6.58 Å². The fourth-order valence-electron chi connectivity index (χ4n) is 3.44. The van der Waals surface area contributed by atoms with Crippen molar-refractivity contribution in [1.82, 2.24) is 0 Å². The smallest absolute Gasteiger partial charge is 0.343 e. The van der Waals surface area contributed by atoms with Gasteiger partial charge in [0.15, 0.2) is 0 Å². The van der Waals surface area contributed by atoms with Crippen LogP contribution in [0.2, 0.25) is 0 Å². The molecule has 0 aliphatic carbocycles. The highest BCUT2D eigenvalue weighted by Crippen LogP contribution is 2.25. The molecule has 0 N–H and O–H groups in total. The molecule has 0 aromatic heterocycles. The Bertz CT molecular complexity index is 1300. The number of hydrogen-bond acceptors (Lipinski definition) is 10. The molecule has 3 aromatic rings.